The molecule has 2 N–H and O–H groups in total. The van der Waals surface area contributed by atoms with E-state index in [0.717, 1.165) is 0 Å². The number of carbonyl (C=O) groups excluding carboxylic acids is 1. The summed E-state index contributed by atoms with van der Waals surface area (Å²) >= 11 is 0. The average Bonchev–Trinajstić information content (AvgIpc) is 1.99. The maximum atomic E-state index is 11.8. The van der Waals surface area contributed by atoms with Gasteiger partial charge in [0.25, 0.3) is 5.60 Å². The number of methoxy groups -OCH3 is 1. The van der Waals surface area contributed by atoms with Gasteiger partial charge in [-0.1, -0.05) is 0 Å². The van der Waals surface area contributed by atoms with Crippen molar-refractivity contribution in [2.75, 3.05) is 13.7 Å². The van der Waals surface area contributed by atoms with E-state index >= 15 is 0 Å². The maximum Gasteiger partial charge on any atom is 0.430 e. The number of rotatable bonds is 2. The summed E-state index contributed by atoms with van der Waals surface area (Å²) in [6, 6.07) is 0. The van der Waals surface area contributed by atoms with E-state index in [1.54, 1.807) is 0 Å². The van der Waals surface area contributed by atoms with Crippen molar-refractivity contribution >= 4 is 5.97 Å². The summed E-state index contributed by atoms with van der Waals surface area (Å²) in [5.41, 5.74) is -3.82. The minimum absolute atomic E-state index is 0.675. The molecule has 0 heterocycles. The number of carbonyl (C=O) groups is 1. The summed E-state index contributed by atoms with van der Waals surface area (Å²) in [5.74, 6) is -1.93. The van der Waals surface area contributed by atoms with Crippen LogP contribution in [0, 0.1) is 0 Å². The highest BCUT2D eigenvalue weighted by Gasteiger charge is 2.60. The van der Waals surface area contributed by atoms with Crippen molar-refractivity contribution in [1.82, 2.24) is 0 Å². The molecule has 0 radical (unpaired) electrons. The second-order valence-electron chi connectivity index (χ2n) is 2.01. The van der Waals surface area contributed by atoms with Gasteiger partial charge in [0, 0.05) is 0 Å². The predicted molar refractivity (Wildman–Crippen MR) is 30.1 cm³/mol. The quantitative estimate of drug-likeness (QED) is 0.570. The number of esters is 1. The van der Waals surface area contributed by atoms with E-state index in [4.69, 9.17) is 10.2 Å². The number of hydrogen-bond acceptors (Lipinski definition) is 4. The minimum Gasteiger partial charge on any atom is -0.467 e. The van der Waals surface area contributed by atoms with Gasteiger partial charge in [-0.25, -0.2) is 4.79 Å². The van der Waals surface area contributed by atoms with Crippen molar-refractivity contribution in [3.63, 3.8) is 0 Å². The van der Waals surface area contributed by atoms with Gasteiger partial charge in [0.05, 0.1) is 13.7 Å². The largest absolute Gasteiger partial charge is 0.467 e. The van der Waals surface area contributed by atoms with Gasteiger partial charge >= 0.3 is 12.1 Å². The first-order chi connectivity index (χ1) is 5.29. The summed E-state index contributed by atoms with van der Waals surface area (Å²) in [6.45, 7) is -1.76. The van der Waals surface area contributed by atoms with Gasteiger partial charge in [0.1, 0.15) is 0 Å². The third kappa shape index (κ3) is 1.67. The Morgan fingerprint density at radius 2 is 1.92 bits per heavy atom. The Kier molecular flexibility index (Phi) is 3.05. The fourth-order valence-electron chi connectivity index (χ4n) is 0.439. The lowest BCUT2D eigenvalue weighted by molar-refractivity contribution is -0.270. The third-order valence-corrected chi connectivity index (χ3v) is 1.22. The molecule has 0 aromatic carbocycles. The molecular weight excluding hydrogens is 181 g/mol. The molecule has 0 aromatic heterocycles. The Bertz CT molecular complexity index is 178. The third-order valence-electron chi connectivity index (χ3n) is 1.22. The van der Waals surface area contributed by atoms with Crippen LogP contribution in [-0.4, -0.2) is 41.7 Å². The van der Waals surface area contributed by atoms with Crippen molar-refractivity contribution in [3.8, 4) is 0 Å². The fraction of sp³-hybridized carbons (Fsp3) is 0.800. The normalized spacial score (nSPS) is 16.8. The first-order valence-corrected chi connectivity index (χ1v) is 2.78. The monoisotopic (exact) mass is 188 g/mol. The lowest BCUT2D eigenvalue weighted by atomic mass is 10.1. The molecule has 72 valence electrons. The van der Waals surface area contributed by atoms with Crippen LogP contribution in [-0.2, 0) is 9.53 Å². The van der Waals surface area contributed by atoms with Gasteiger partial charge in [-0.3, -0.25) is 0 Å². The van der Waals surface area contributed by atoms with Crippen molar-refractivity contribution in [3.05, 3.63) is 0 Å². The molecule has 0 aliphatic heterocycles. The molecule has 0 aromatic rings. The topological polar surface area (TPSA) is 66.8 Å². The number of hydrogen-bond donors (Lipinski definition) is 2. The summed E-state index contributed by atoms with van der Waals surface area (Å²) in [5, 5.41) is 16.7. The number of aliphatic hydroxyl groups excluding tert-OH is 1. The molecule has 0 spiro atoms. The van der Waals surface area contributed by atoms with Crippen LogP contribution in [0.3, 0.4) is 0 Å². The molecule has 1 unspecified atom stereocenters. The average molecular weight is 188 g/mol. The van der Waals surface area contributed by atoms with Gasteiger partial charge in [0.2, 0.25) is 0 Å². The smallest absolute Gasteiger partial charge is 0.430 e. The predicted octanol–water partition coefficient (Wildman–Crippen LogP) is -0.555. The van der Waals surface area contributed by atoms with E-state index in [1.165, 1.54) is 0 Å². The van der Waals surface area contributed by atoms with E-state index in [0.29, 0.717) is 7.11 Å². The molecule has 0 fully saturated rings. The van der Waals surface area contributed by atoms with Crippen LogP contribution in [0.2, 0.25) is 0 Å². The zero-order valence-corrected chi connectivity index (χ0v) is 6.05. The van der Waals surface area contributed by atoms with E-state index in [-0.39, 0.29) is 0 Å². The van der Waals surface area contributed by atoms with E-state index in [2.05, 4.69) is 4.74 Å². The molecule has 0 aliphatic rings. The van der Waals surface area contributed by atoms with Crippen molar-refractivity contribution in [2.24, 2.45) is 0 Å². The van der Waals surface area contributed by atoms with E-state index < -0.39 is 24.4 Å². The summed E-state index contributed by atoms with van der Waals surface area (Å²) in [6.07, 6.45) is -5.24. The molecule has 4 nitrogen and oxygen atoms in total. The molecule has 0 saturated carbocycles. The van der Waals surface area contributed by atoms with Crippen LogP contribution in [0.1, 0.15) is 0 Å². The van der Waals surface area contributed by atoms with Crippen LogP contribution >= 0.6 is 0 Å². The molecule has 0 amide bonds. The van der Waals surface area contributed by atoms with Crippen molar-refractivity contribution in [1.29, 1.82) is 0 Å². The van der Waals surface area contributed by atoms with E-state index in [9.17, 15) is 18.0 Å². The Morgan fingerprint density at radius 1 is 1.50 bits per heavy atom. The molecule has 0 saturated heterocycles. The number of aliphatic hydroxyl groups is 2. The highest BCUT2D eigenvalue weighted by atomic mass is 19.4. The van der Waals surface area contributed by atoms with Crippen LogP contribution < -0.4 is 0 Å². The zero-order valence-electron chi connectivity index (χ0n) is 6.05. The van der Waals surface area contributed by atoms with Crippen molar-refractivity contribution < 1.29 is 32.9 Å². The zero-order chi connectivity index (χ0) is 9.99. The van der Waals surface area contributed by atoms with Gasteiger partial charge < -0.3 is 14.9 Å². The van der Waals surface area contributed by atoms with Crippen LogP contribution in [0.25, 0.3) is 0 Å². The first-order valence-electron chi connectivity index (χ1n) is 2.78. The Hall–Kier alpha value is -0.820. The summed E-state index contributed by atoms with van der Waals surface area (Å²) < 4.78 is 39.2. The summed E-state index contributed by atoms with van der Waals surface area (Å²) in [7, 11) is 0.675. The van der Waals surface area contributed by atoms with Crippen LogP contribution in [0.15, 0.2) is 0 Å². The second kappa shape index (κ2) is 3.28. The maximum absolute atomic E-state index is 11.8. The first kappa shape index (κ1) is 11.2. The number of halogens is 3. The van der Waals surface area contributed by atoms with Gasteiger partial charge in [-0.05, 0) is 0 Å². The van der Waals surface area contributed by atoms with Crippen molar-refractivity contribution in [2.45, 2.75) is 11.8 Å². The molecule has 12 heavy (non-hydrogen) atoms. The highest BCUT2D eigenvalue weighted by molar-refractivity contribution is 5.80. The molecule has 1 atom stereocenters. The Labute approximate surface area is 65.6 Å². The minimum atomic E-state index is -5.24. The van der Waals surface area contributed by atoms with Crippen LogP contribution in [0.5, 0.6) is 0 Å². The molecule has 0 rings (SSSR count). The number of ether oxygens (including phenoxy) is 1. The molecular formula is C5H7F3O4. The number of alkyl halides is 3. The van der Waals surface area contributed by atoms with Gasteiger partial charge in [0.15, 0.2) is 0 Å². The lowest BCUT2D eigenvalue weighted by Gasteiger charge is -2.24. The van der Waals surface area contributed by atoms with Crippen LogP contribution in [0.4, 0.5) is 13.2 Å². The van der Waals surface area contributed by atoms with E-state index in [1.807, 2.05) is 0 Å². The standard InChI is InChI=1S/C5H7F3O4/c1-12-3(10)4(11,2-9)5(6,7)8/h9,11H,2H2,1H3. The fourth-order valence-corrected chi connectivity index (χ4v) is 0.439. The second-order valence-corrected chi connectivity index (χ2v) is 2.01. The molecule has 0 bridgehead atoms. The Morgan fingerprint density at radius 3 is 2.00 bits per heavy atom. The van der Waals surface area contributed by atoms with Gasteiger partial charge in [-0.15, -0.1) is 0 Å². The SMILES string of the molecule is COC(=O)C(O)(CO)C(F)(F)F. The Balaban J connectivity index is 4.80. The molecule has 7 heteroatoms. The lowest BCUT2D eigenvalue weighted by Crippen LogP contribution is -2.55. The molecule has 0 aliphatic carbocycles. The summed E-state index contributed by atoms with van der Waals surface area (Å²) in [4.78, 5) is 10.4. The van der Waals surface area contributed by atoms with Gasteiger partial charge in [-0.2, -0.15) is 13.2 Å². The highest BCUT2D eigenvalue weighted by Crippen LogP contribution is 2.30.